The Labute approximate surface area is 205 Å². The summed E-state index contributed by atoms with van der Waals surface area (Å²) in [7, 11) is 1.64. The van der Waals surface area contributed by atoms with Crippen LogP contribution in [-0.2, 0) is 9.53 Å². The Morgan fingerprint density at radius 1 is 0.971 bits per heavy atom. The highest BCUT2D eigenvalue weighted by atomic mass is 16.5. The normalized spacial score (nSPS) is 11.8. The lowest BCUT2D eigenvalue weighted by atomic mass is 9.87. The predicted molar refractivity (Wildman–Crippen MR) is 142 cm³/mol. The Hall–Kier alpha value is -4.16. The Balaban J connectivity index is 2.12. The van der Waals surface area contributed by atoms with Gasteiger partial charge in [-0.1, -0.05) is 49.4 Å². The number of nitrogens with two attached hydrogens (primary N) is 1. The van der Waals surface area contributed by atoms with Crippen LogP contribution in [0.25, 0.3) is 17.2 Å². The number of anilines is 1. The molecule has 0 amide bonds. The van der Waals surface area contributed by atoms with Gasteiger partial charge in [0.25, 0.3) is 0 Å². The van der Waals surface area contributed by atoms with Gasteiger partial charge in [0, 0.05) is 30.7 Å². The van der Waals surface area contributed by atoms with E-state index in [0.717, 1.165) is 51.6 Å². The number of ether oxygens (including phenoxy) is 2. The van der Waals surface area contributed by atoms with Crippen molar-refractivity contribution < 1.29 is 19.4 Å². The maximum absolute atomic E-state index is 10.9. The van der Waals surface area contributed by atoms with Gasteiger partial charge in [-0.05, 0) is 70.2 Å². The number of methoxy groups -OCH3 is 1. The molecule has 0 radical (unpaired) electrons. The molecule has 0 heterocycles. The molecule has 0 aromatic heterocycles. The van der Waals surface area contributed by atoms with E-state index in [9.17, 15) is 4.79 Å². The molecule has 180 valence electrons. The van der Waals surface area contributed by atoms with E-state index in [2.05, 4.69) is 6.92 Å². The summed E-state index contributed by atoms with van der Waals surface area (Å²) in [6.45, 7) is 3.12. The number of benzene rings is 3. The number of carbonyl (C=O) groups is 1. The fourth-order valence-corrected chi connectivity index (χ4v) is 3.82. The Bertz CT molecular complexity index is 1230. The molecule has 6 nitrogen and oxygen atoms in total. The third-order valence-corrected chi connectivity index (χ3v) is 5.56. The molecule has 0 unspecified atom stereocenters. The summed E-state index contributed by atoms with van der Waals surface area (Å²) in [6.07, 6.45) is 4.71. The number of hydrogen-bond acceptors (Lipinski definition) is 5. The number of hydrogen-bond donors (Lipinski definition) is 3. The standard InChI is InChI=1S/C29H30N2O4/c1-3-26(21-9-12-25(13-10-21)35-17-16-34-2)29(23-11-14-27(31)24(18-23)19-30)22-7-4-20(5-8-22)6-15-28(32)33/h4-15,18-19,30H,3,16-17,31H2,1-2H3,(H,32,33). The molecule has 35 heavy (non-hydrogen) atoms. The third-order valence-electron chi connectivity index (χ3n) is 5.56. The maximum Gasteiger partial charge on any atom is 0.328 e. The smallest absolute Gasteiger partial charge is 0.328 e. The summed E-state index contributed by atoms with van der Waals surface area (Å²) >= 11 is 0. The van der Waals surface area contributed by atoms with Crippen molar-refractivity contribution in [2.75, 3.05) is 26.1 Å². The van der Waals surface area contributed by atoms with Crippen molar-refractivity contribution in [2.24, 2.45) is 0 Å². The van der Waals surface area contributed by atoms with Gasteiger partial charge in [-0.25, -0.2) is 4.79 Å². The lowest BCUT2D eigenvalue weighted by Crippen LogP contribution is -2.04. The van der Waals surface area contributed by atoms with Crippen molar-refractivity contribution in [1.82, 2.24) is 0 Å². The van der Waals surface area contributed by atoms with Crippen molar-refractivity contribution in [3.05, 3.63) is 101 Å². The minimum Gasteiger partial charge on any atom is -0.491 e. The molecule has 0 atom stereocenters. The number of carboxylic acids is 1. The second kappa shape index (κ2) is 12.3. The van der Waals surface area contributed by atoms with Crippen LogP contribution < -0.4 is 10.5 Å². The first-order valence-electron chi connectivity index (χ1n) is 11.3. The molecule has 0 aliphatic heterocycles. The zero-order valence-corrected chi connectivity index (χ0v) is 20.0. The second-order valence-corrected chi connectivity index (χ2v) is 7.85. The lowest BCUT2D eigenvalue weighted by molar-refractivity contribution is -0.131. The fourth-order valence-electron chi connectivity index (χ4n) is 3.82. The molecule has 3 aromatic carbocycles. The van der Waals surface area contributed by atoms with Crippen LogP contribution in [0.2, 0.25) is 0 Å². The maximum atomic E-state index is 10.9. The quantitative estimate of drug-likeness (QED) is 0.109. The van der Waals surface area contributed by atoms with Gasteiger partial charge in [0.1, 0.15) is 12.4 Å². The summed E-state index contributed by atoms with van der Waals surface area (Å²) in [5.41, 5.74) is 13.2. The molecule has 0 fully saturated rings. The van der Waals surface area contributed by atoms with Gasteiger partial charge in [-0.15, -0.1) is 0 Å². The zero-order valence-electron chi connectivity index (χ0n) is 20.0. The van der Waals surface area contributed by atoms with E-state index in [0.29, 0.717) is 24.5 Å². The monoisotopic (exact) mass is 470 g/mol. The van der Waals surface area contributed by atoms with Crippen molar-refractivity contribution in [2.45, 2.75) is 13.3 Å². The second-order valence-electron chi connectivity index (χ2n) is 7.85. The van der Waals surface area contributed by atoms with Gasteiger partial charge in [0.2, 0.25) is 0 Å². The average molecular weight is 471 g/mol. The van der Waals surface area contributed by atoms with Gasteiger partial charge < -0.3 is 25.7 Å². The average Bonchev–Trinajstić information content (AvgIpc) is 2.87. The molecule has 0 bridgehead atoms. The van der Waals surface area contributed by atoms with Crippen LogP contribution in [0.1, 0.15) is 41.2 Å². The van der Waals surface area contributed by atoms with E-state index in [1.165, 1.54) is 6.21 Å². The highest BCUT2D eigenvalue weighted by Gasteiger charge is 2.14. The zero-order chi connectivity index (χ0) is 25.2. The van der Waals surface area contributed by atoms with Gasteiger partial charge in [0.15, 0.2) is 0 Å². The first-order chi connectivity index (χ1) is 17.0. The number of rotatable bonds is 11. The predicted octanol–water partition coefficient (Wildman–Crippen LogP) is 5.76. The van der Waals surface area contributed by atoms with Crippen LogP contribution in [0.3, 0.4) is 0 Å². The van der Waals surface area contributed by atoms with Crippen LogP contribution in [0.15, 0.2) is 72.8 Å². The largest absolute Gasteiger partial charge is 0.491 e. The van der Waals surface area contributed by atoms with Crippen LogP contribution in [0.5, 0.6) is 5.75 Å². The summed E-state index contributed by atoms with van der Waals surface area (Å²) in [5.74, 6) is -0.213. The molecule has 4 N–H and O–H groups in total. The molecule has 3 rings (SSSR count). The number of aliphatic carboxylic acids is 1. The molecule has 0 saturated carbocycles. The first-order valence-corrected chi connectivity index (χ1v) is 11.3. The lowest BCUT2D eigenvalue weighted by Gasteiger charge is -2.18. The van der Waals surface area contributed by atoms with Crippen molar-refractivity contribution in [1.29, 1.82) is 5.41 Å². The van der Waals surface area contributed by atoms with Crippen LogP contribution in [0, 0.1) is 5.41 Å². The topological polar surface area (TPSA) is 106 Å². The van der Waals surface area contributed by atoms with E-state index >= 15 is 0 Å². The van der Waals surface area contributed by atoms with E-state index in [1.807, 2.05) is 66.7 Å². The van der Waals surface area contributed by atoms with Gasteiger partial charge in [-0.3, -0.25) is 0 Å². The molecule has 0 saturated heterocycles. The SMILES string of the molecule is CCC(=C(c1ccc(C=CC(=O)O)cc1)c1ccc(N)c(C=N)c1)c1ccc(OCCOC)cc1. The summed E-state index contributed by atoms with van der Waals surface area (Å²) in [6, 6.07) is 21.4. The van der Waals surface area contributed by atoms with Crippen molar-refractivity contribution >= 4 is 35.1 Å². The van der Waals surface area contributed by atoms with Crippen LogP contribution in [0.4, 0.5) is 5.69 Å². The van der Waals surface area contributed by atoms with Crippen LogP contribution in [-0.4, -0.2) is 37.6 Å². The third kappa shape index (κ3) is 6.68. The molecule has 0 aliphatic carbocycles. The summed E-state index contributed by atoms with van der Waals surface area (Å²) in [4.78, 5) is 10.9. The van der Waals surface area contributed by atoms with Gasteiger partial charge in [0.05, 0.1) is 6.61 Å². The molecule has 0 spiro atoms. The van der Waals surface area contributed by atoms with Crippen molar-refractivity contribution in [3.8, 4) is 5.75 Å². The van der Waals surface area contributed by atoms with Gasteiger partial charge >= 0.3 is 5.97 Å². The Kier molecular flexibility index (Phi) is 8.98. The van der Waals surface area contributed by atoms with Crippen LogP contribution >= 0.6 is 0 Å². The number of nitrogen functional groups attached to an aromatic ring is 1. The highest BCUT2D eigenvalue weighted by molar-refractivity contribution is 6.00. The number of nitrogens with one attached hydrogen (secondary N) is 1. The van der Waals surface area contributed by atoms with E-state index in [4.69, 9.17) is 25.7 Å². The molecular weight excluding hydrogens is 440 g/mol. The number of allylic oxidation sites excluding steroid dienone is 1. The minimum absolute atomic E-state index is 0.484. The first kappa shape index (κ1) is 25.5. The Morgan fingerprint density at radius 3 is 2.23 bits per heavy atom. The molecule has 6 heteroatoms. The fraction of sp³-hybridized carbons (Fsp3) is 0.172. The minimum atomic E-state index is -0.987. The van der Waals surface area contributed by atoms with E-state index in [1.54, 1.807) is 13.2 Å². The summed E-state index contributed by atoms with van der Waals surface area (Å²) < 4.78 is 10.8. The Morgan fingerprint density at radius 2 is 1.63 bits per heavy atom. The number of carboxylic acid groups (broad SMARTS) is 1. The van der Waals surface area contributed by atoms with Crippen molar-refractivity contribution in [3.63, 3.8) is 0 Å². The van der Waals surface area contributed by atoms with E-state index in [-0.39, 0.29) is 0 Å². The molecule has 0 aliphatic rings. The molecule has 3 aromatic rings. The van der Waals surface area contributed by atoms with E-state index < -0.39 is 5.97 Å². The summed E-state index contributed by atoms with van der Waals surface area (Å²) in [5, 5.41) is 16.7. The highest BCUT2D eigenvalue weighted by Crippen LogP contribution is 2.36. The van der Waals surface area contributed by atoms with Gasteiger partial charge in [-0.2, -0.15) is 0 Å². The molecular formula is C29H30N2O4.